The van der Waals surface area contributed by atoms with Crippen LogP contribution < -0.4 is 4.74 Å². The standard InChI is InChI=1S/C33H22F4N6O3/c34-23-9-18(15-39)1-2-19(23)16-46-32-40-8-3-27(41-32)22-14-24(35)20(10-25(22)36)13-29-42-30-26(37)11-21(31(44)45)12-28(30)43(29)17-33(4-5-33)6-7-38/h1-3,8-12,14H,4-6,13,16-17H2,(H,44,45). The summed E-state index contributed by atoms with van der Waals surface area (Å²) in [5.41, 5.74) is -0.640. The number of carboxylic acid groups (broad SMARTS) is 1. The van der Waals surface area contributed by atoms with Crippen molar-refractivity contribution in [3.63, 3.8) is 0 Å². The van der Waals surface area contributed by atoms with E-state index < -0.39 is 34.7 Å². The Morgan fingerprint density at radius 3 is 2.43 bits per heavy atom. The summed E-state index contributed by atoms with van der Waals surface area (Å²) >= 11 is 0. The van der Waals surface area contributed by atoms with Gasteiger partial charge in [-0.15, -0.1) is 0 Å². The topological polar surface area (TPSA) is 138 Å². The number of hydrogen-bond donors (Lipinski definition) is 1. The molecule has 1 saturated carbocycles. The fraction of sp³-hybridized carbons (Fsp3) is 0.212. The molecule has 0 radical (unpaired) electrons. The van der Waals surface area contributed by atoms with E-state index in [0.717, 1.165) is 37.1 Å². The summed E-state index contributed by atoms with van der Waals surface area (Å²) in [6.45, 7) is -0.0465. The number of benzene rings is 3. The first-order chi connectivity index (χ1) is 22.1. The minimum Gasteiger partial charge on any atom is -0.478 e. The van der Waals surface area contributed by atoms with Crippen LogP contribution in [0, 0.1) is 51.3 Å². The summed E-state index contributed by atoms with van der Waals surface area (Å²) in [6.07, 6.45) is 2.70. The molecule has 1 N–H and O–H groups in total. The fourth-order valence-electron chi connectivity index (χ4n) is 5.26. The van der Waals surface area contributed by atoms with Crippen LogP contribution in [0.4, 0.5) is 17.6 Å². The van der Waals surface area contributed by atoms with Gasteiger partial charge >= 0.3 is 12.0 Å². The van der Waals surface area contributed by atoms with Crippen LogP contribution in [0.3, 0.4) is 0 Å². The lowest BCUT2D eigenvalue weighted by Gasteiger charge is -2.16. The van der Waals surface area contributed by atoms with E-state index in [1.54, 1.807) is 4.57 Å². The lowest BCUT2D eigenvalue weighted by molar-refractivity contribution is 0.0696. The number of aromatic carboxylic acids is 1. The molecule has 0 spiro atoms. The van der Waals surface area contributed by atoms with E-state index in [0.29, 0.717) is 0 Å². The van der Waals surface area contributed by atoms with Crippen molar-refractivity contribution in [2.24, 2.45) is 5.41 Å². The SMILES string of the molecule is N#CCC1(Cn2c(Cc3cc(F)c(-c4ccnc(OCc5ccc(C#N)cc5F)n4)cc3F)nc3c(F)cc(C(=O)O)cc32)CC1. The zero-order chi connectivity index (χ0) is 32.6. The lowest BCUT2D eigenvalue weighted by atomic mass is 10.0. The van der Waals surface area contributed by atoms with Crippen LogP contribution in [-0.2, 0) is 19.6 Å². The van der Waals surface area contributed by atoms with Gasteiger partial charge in [-0.2, -0.15) is 15.5 Å². The molecule has 5 aromatic rings. The summed E-state index contributed by atoms with van der Waals surface area (Å²) in [4.78, 5) is 24.0. The van der Waals surface area contributed by atoms with Gasteiger partial charge in [0.25, 0.3) is 0 Å². The molecule has 0 amide bonds. The Kier molecular flexibility index (Phi) is 7.84. The van der Waals surface area contributed by atoms with Crippen LogP contribution in [0.5, 0.6) is 6.01 Å². The molecular weight excluding hydrogens is 604 g/mol. The maximum atomic E-state index is 15.5. The Balaban J connectivity index is 1.30. The second-order valence-electron chi connectivity index (χ2n) is 11.1. The van der Waals surface area contributed by atoms with Crippen molar-refractivity contribution >= 4 is 17.0 Å². The molecule has 0 bridgehead atoms. The second kappa shape index (κ2) is 11.9. The average molecular weight is 627 g/mol. The normalized spacial score (nSPS) is 13.3. The largest absolute Gasteiger partial charge is 0.478 e. The first-order valence-corrected chi connectivity index (χ1v) is 14.0. The highest BCUT2D eigenvalue weighted by atomic mass is 19.1. The van der Waals surface area contributed by atoms with E-state index in [1.807, 2.05) is 6.07 Å². The Labute approximate surface area is 259 Å². The molecule has 0 aliphatic heterocycles. The van der Waals surface area contributed by atoms with Gasteiger partial charge in [-0.05, 0) is 60.9 Å². The molecule has 0 saturated heterocycles. The maximum absolute atomic E-state index is 15.5. The van der Waals surface area contributed by atoms with Gasteiger partial charge in [-0.1, -0.05) is 6.07 Å². The molecule has 1 aliphatic carbocycles. The molecule has 1 fully saturated rings. The molecule has 9 nitrogen and oxygen atoms in total. The van der Waals surface area contributed by atoms with Crippen LogP contribution in [0.15, 0.2) is 54.7 Å². The predicted molar refractivity (Wildman–Crippen MR) is 154 cm³/mol. The number of rotatable bonds is 10. The Hall–Kier alpha value is -5.82. The highest BCUT2D eigenvalue weighted by Gasteiger charge is 2.43. The maximum Gasteiger partial charge on any atom is 0.335 e. The highest BCUT2D eigenvalue weighted by Crippen LogP contribution is 2.50. The average Bonchev–Trinajstić information content (AvgIpc) is 3.71. The molecule has 0 atom stereocenters. The third kappa shape index (κ3) is 5.95. The van der Waals surface area contributed by atoms with E-state index in [1.165, 1.54) is 30.5 Å². The first kappa shape index (κ1) is 30.2. The number of nitriles is 2. The van der Waals surface area contributed by atoms with Crippen molar-refractivity contribution in [1.29, 1.82) is 10.5 Å². The van der Waals surface area contributed by atoms with Gasteiger partial charge in [-0.25, -0.2) is 32.3 Å². The summed E-state index contributed by atoms with van der Waals surface area (Å²) < 4.78 is 67.3. The zero-order valence-corrected chi connectivity index (χ0v) is 23.9. The van der Waals surface area contributed by atoms with Crippen LogP contribution in [0.2, 0.25) is 0 Å². The molecule has 1 aliphatic rings. The van der Waals surface area contributed by atoms with Crippen molar-refractivity contribution in [3.05, 3.63) is 106 Å². The highest BCUT2D eigenvalue weighted by molar-refractivity contribution is 5.92. The van der Waals surface area contributed by atoms with Gasteiger partial charge in [0.1, 0.15) is 35.4 Å². The zero-order valence-electron chi connectivity index (χ0n) is 23.9. The monoisotopic (exact) mass is 626 g/mol. The summed E-state index contributed by atoms with van der Waals surface area (Å²) in [5.74, 6) is -4.32. The van der Waals surface area contributed by atoms with Gasteiger partial charge in [0.15, 0.2) is 5.82 Å². The Bertz CT molecular complexity index is 2110. The molecule has 6 rings (SSSR count). The van der Waals surface area contributed by atoms with Gasteiger partial charge < -0.3 is 14.4 Å². The fourth-order valence-corrected chi connectivity index (χ4v) is 5.26. The van der Waals surface area contributed by atoms with Crippen molar-refractivity contribution < 1.29 is 32.2 Å². The third-order valence-electron chi connectivity index (χ3n) is 7.97. The van der Waals surface area contributed by atoms with Gasteiger partial charge in [0.2, 0.25) is 0 Å². The van der Waals surface area contributed by atoms with E-state index in [9.17, 15) is 23.9 Å². The number of aromatic nitrogens is 4. The summed E-state index contributed by atoms with van der Waals surface area (Å²) in [7, 11) is 0. The van der Waals surface area contributed by atoms with E-state index in [4.69, 9.17) is 10.00 Å². The number of halogens is 4. The second-order valence-corrected chi connectivity index (χ2v) is 11.1. The summed E-state index contributed by atoms with van der Waals surface area (Å²) in [6, 6.07) is 13.0. The Morgan fingerprint density at radius 2 is 1.74 bits per heavy atom. The van der Waals surface area contributed by atoms with Crippen LogP contribution in [0.25, 0.3) is 22.3 Å². The van der Waals surface area contributed by atoms with Crippen molar-refractivity contribution in [2.75, 3.05) is 0 Å². The predicted octanol–water partition coefficient (Wildman–Crippen LogP) is 6.48. The Morgan fingerprint density at radius 1 is 0.957 bits per heavy atom. The number of imidazole rings is 1. The minimum absolute atomic E-state index is 0.00376. The molecule has 46 heavy (non-hydrogen) atoms. The van der Waals surface area contributed by atoms with E-state index in [-0.39, 0.29) is 82.4 Å². The van der Waals surface area contributed by atoms with Gasteiger partial charge in [0.05, 0.1) is 34.5 Å². The number of carbonyl (C=O) groups is 1. The van der Waals surface area contributed by atoms with E-state index >= 15 is 8.78 Å². The number of carboxylic acids is 1. The molecule has 0 unspecified atom stereocenters. The molecular formula is C33H22F4N6O3. The smallest absolute Gasteiger partial charge is 0.335 e. The molecule has 230 valence electrons. The van der Waals surface area contributed by atoms with Crippen molar-refractivity contribution in [1.82, 2.24) is 19.5 Å². The lowest BCUT2D eigenvalue weighted by Crippen LogP contribution is -2.15. The molecule has 3 aromatic carbocycles. The molecule has 2 heterocycles. The number of ether oxygens (including phenoxy) is 1. The number of hydrogen-bond acceptors (Lipinski definition) is 7. The van der Waals surface area contributed by atoms with Crippen LogP contribution >= 0.6 is 0 Å². The summed E-state index contributed by atoms with van der Waals surface area (Å²) in [5, 5.41) is 27.7. The molecule has 2 aromatic heterocycles. The van der Waals surface area contributed by atoms with Gasteiger partial charge in [0, 0.05) is 42.1 Å². The van der Waals surface area contributed by atoms with Crippen LogP contribution in [-0.4, -0.2) is 30.6 Å². The number of nitrogens with zero attached hydrogens (tertiary/aromatic N) is 6. The quantitative estimate of drug-likeness (QED) is 0.174. The van der Waals surface area contributed by atoms with Crippen molar-refractivity contribution in [3.8, 4) is 29.4 Å². The van der Waals surface area contributed by atoms with E-state index in [2.05, 4.69) is 21.0 Å². The third-order valence-corrected chi connectivity index (χ3v) is 7.97. The van der Waals surface area contributed by atoms with Crippen molar-refractivity contribution in [2.45, 2.75) is 38.8 Å². The van der Waals surface area contributed by atoms with Crippen LogP contribution in [0.1, 0.15) is 52.1 Å². The van der Waals surface area contributed by atoms with Gasteiger partial charge in [-0.3, -0.25) is 0 Å². The number of fused-ring (bicyclic) bond motifs is 1. The first-order valence-electron chi connectivity index (χ1n) is 14.0. The molecule has 13 heteroatoms. The minimum atomic E-state index is -1.34.